The van der Waals surface area contributed by atoms with Crippen LogP contribution in [0.1, 0.15) is 41.6 Å². The number of amides is 2. The topological polar surface area (TPSA) is 98.7 Å². The Kier molecular flexibility index (Phi) is 8.35. The highest BCUT2D eigenvalue weighted by atomic mass is 16.5. The number of hydrogen-bond donors (Lipinski definition) is 4. The lowest BCUT2D eigenvalue weighted by Crippen LogP contribution is -2.40. The maximum Gasteiger partial charge on any atom is 0.244 e. The lowest BCUT2D eigenvalue weighted by Gasteiger charge is -2.22. The van der Waals surface area contributed by atoms with Gasteiger partial charge >= 0.3 is 0 Å². The first-order valence-electron chi connectivity index (χ1n) is 11.0. The maximum absolute atomic E-state index is 13.1. The molecule has 1 aliphatic carbocycles. The van der Waals surface area contributed by atoms with Crippen LogP contribution in [0.5, 0.6) is 0 Å². The van der Waals surface area contributed by atoms with Gasteiger partial charge in [-0.05, 0) is 41.2 Å². The number of allylic oxidation sites excluding steroid dienone is 5. The third kappa shape index (κ3) is 6.06. The van der Waals surface area contributed by atoms with Crippen LogP contribution < -0.4 is 10.8 Å². The first-order valence-corrected chi connectivity index (χ1v) is 11.0. The molecule has 0 bridgehead atoms. The molecule has 0 spiro atoms. The number of carbonyl (C=O) groups is 2. The van der Waals surface area contributed by atoms with Gasteiger partial charge in [-0.15, -0.1) is 0 Å². The molecule has 0 saturated heterocycles. The highest BCUT2D eigenvalue weighted by Gasteiger charge is 2.34. The van der Waals surface area contributed by atoms with Crippen LogP contribution in [0.2, 0.25) is 0 Å². The summed E-state index contributed by atoms with van der Waals surface area (Å²) in [5.74, 6) is -1.69. The molecule has 0 saturated carbocycles. The third-order valence-corrected chi connectivity index (χ3v) is 5.89. The molecule has 4 N–H and O–H groups in total. The fourth-order valence-electron chi connectivity index (χ4n) is 4.15. The normalized spacial score (nSPS) is 18.6. The minimum atomic E-state index is -0.723. The second-order valence-electron chi connectivity index (χ2n) is 8.15. The van der Waals surface area contributed by atoms with Crippen molar-refractivity contribution in [3.63, 3.8) is 0 Å². The zero-order valence-electron chi connectivity index (χ0n) is 18.7. The van der Waals surface area contributed by atoms with Crippen LogP contribution in [0.4, 0.5) is 0 Å². The molecule has 3 atom stereocenters. The smallest absolute Gasteiger partial charge is 0.244 e. The van der Waals surface area contributed by atoms with E-state index in [9.17, 15) is 14.7 Å². The standard InChI is InChI=1S/C27H30N2O4/c1-3-5-8-19(4-2)20-13-11-18(12-14-20)15-22(17-25(31)29-33)27(32)28-26-23-10-7-6-9-21(23)16-24(26)30/h3-14,22,24,26,30,33H,2,15-17H2,1H3,(H,28,32)(H,29,31)/b5-3-,19-8+/t22-,24-,26+/m1/s1. The number of rotatable bonds is 9. The number of carbonyl (C=O) groups excluding carboxylic acids is 2. The van der Waals surface area contributed by atoms with Crippen molar-refractivity contribution in [1.82, 2.24) is 10.8 Å². The van der Waals surface area contributed by atoms with Gasteiger partial charge in [0, 0.05) is 12.8 Å². The van der Waals surface area contributed by atoms with Gasteiger partial charge in [-0.1, -0.05) is 79.4 Å². The molecule has 3 rings (SSSR count). The SMILES string of the molecule is C=C/C(=C\C=C/C)c1ccc(C[C@H](CC(=O)NO)C(=O)N[C@H]2c3ccccc3C[C@H]2O)cc1. The van der Waals surface area contributed by atoms with Crippen LogP contribution in [0.3, 0.4) is 0 Å². The zero-order valence-corrected chi connectivity index (χ0v) is 18.7. The van der Waals surface area contributed by atoms with Crippen molar-refractivity contribution >= 4 is 17.4 Å². The Morgan fingerprint density at radius 1 is 1.18 bits per heavy atom. The van der Waals surface area contributed by atoms with Crippen LogP contribution >= 0.6 is 0 Å². The monoisotopic (exact) mass is 446 g/mol. The van der Waals surface area contributed by atoms with Crippen molar-refractivity contribution in [2.75, 3.05) is 0 Å². The van der Waals surface area contributed by atoms with E-state index in [-0.39, 0.29) is 12.3 Å². The summed E-state index contributed by atoms with van der Waals surface area (Å²) in [6.07, 6.45) is 7.51. The quantitative estimate of drug-likeness (QED) is 0.268. The summed E-state index contributed by atoms with van der Waals surface area (Å²) in [4.78, 5) is 25.0. The average Bonchev–Trinajstić information content (AvgIpc) is 3.14. The Morgan fingerprint density at radius 3 is 2.58 bits per heavy atom. The predicted molar refractivity (Wildman–Crippen MR) is 128 cm³/mol. The first kappa shape index (κ1) is 24.2. The molecule has 1 aliphatic rings. The van der Waals surface area contributed by atoms with Gasteiger partial charge in [0.1, 0.15) is 0 Å². The van der Waals surface area contributed by atoms with Crippen molar-refractivity contribution in [1.29, 1.82) is 0 Å². The van der Waals surface area contributed by atoms with E-state index in [0.717, 1.165) is 27.8 Å². The van der Waals surface area contributed by atoms with E-state index in [0.29, 0.717) is 12.8 Å². The second kappa shape index (κ2) is 11.4. The zero-order chi connectivity index (χ0) is 23.8. The van der Waals surface area contributed by atoms with E-state index in [1.54, 1.807) is 11.6 Å². The van der Waals surface area contributed by atoms with E-state index in [2.05, 4.69) is 11.9 Å². The van der Waals surface area contributed by atoms with E-state index in [1.165, 1.54) is 0 Å². The highest BCUT2D eigenvalue weighted by molar-refractivity contribution is 5.86. The van der Waals surface area contributed by atoms with E-state index in [4.69, 9.17) is 5.21 Å². The largest absolute Gasteiger partial charge is 0.390 e. The number of hydrogen-bond acceptors (Lipinski definition) is 4. The van der Waals surface area contributed by atoms with Crippen LogP contribution in [-0.4, -0.2) is 28.2 Å². The number of benzene rings is 2. The summed E-state index contributed by atoms with van der Waals surface area (Å²) < 4.78 is 0. The summed E-state index contributed by atoms with van der Waals surface area (Å²) >= 11 is 0. The minimum Gasteiger partial charge on any atom is -0.390 e. The number of nitrogens with one attached hydrogen (secondary N) is 2. The lowest BCUT2D eigenvalue weighted by molar-refractivity contribution is -0.135. The van der Waals surface area contributed by atoms with E-state index in [1.807, 2.05) is 73.7 Å². The van der Waals surface area contributed by atoms with Gasteiger partial charge < -0.3 is 10.4 Å². The van der Waals surface area contributed by atoms with Crippen LogP contribution in [0, 0.1) is 5.92 Å². The molecular weight excluding hydrogens is 416 g/mol. The average molecular weight is 447 g/mol. The van der Waals surface area contributed by atoms with Crippen LogP contribution in [-0.2, 0) is 22.4 Å². The van der Waals surface area contributed by atoms with Crippen LogP contribution in [0.15, 0.2) is 79.4 Å². The summed E-state index contributed by atoms with van der Waals surface area (Å²) in [7, 11) is 0. The van der Waals surface area contributed by atoms with Gasteiger partial charge in [0.25, 0.3) is 0 Å². The molecule has 0 aromatic heterocycles. The Balaban J connectivity index is 1.77. The minimum absolute atomic E-state index is 0.173. The van der Waals surface area contributed by atoms with Gasteiger partial charge in [-0.3, -0.25) is 14.8 Å². The van der Waals surface area contributed by atoms with Gasteiger partial charge in [-0.2, -0.15) is 0 Å². The molecule has 33 heavy (non-hydrogen) atoms. The summed E-state index contributed by atoms with van der Waals surface area (Å²) in [6, 6.07) is 14.8. The fraction of sp³-hybridized carbons (Fsp3) is 0.259. The third-order valence-electron chi connectivity index (χ3n) is 5.89. The molecule has 6 heteroatoms. The lowest BCUT2D eigenvalue weighted by atomic mass is 9.93. The highest BCUT2D eigenvalue weighted by Crippen LogP contribution is 2.31. The summed E-state index contributed by atoms with van der Waals surface area (Å²) in [6.45, 7) is 5.80. The Bertz CT molecular complexity index is 1060. The summed E-state index contributed by atoms with van der Waals surface area (Å²) in [5, 5.41) is 22.4. The van der Waals surface area contributed by atoms with Gasteiger partial charge in [0.15, 0.2) is 0 Å². The van der Waals surface area contributed by atoms with E-state index >= 15 is 0 Å². The fourth-order valence-corrected chi connectivity index (χ4v) is 4.15. The predicted octanol–water partition coefficient (Wildman–Crippen LogP) is 3.66. The van der Waals surface area contributed by atoms with Gasteiger partial charge in [0.2, 0.25) is 11.8 Å². The molecule has 0 aliphatic heterocycles. The molecule has 0 fully saturated rings. The van der Waals surface area contributed by atoms with Gasteiger partial charge in [-0.25, -0.2) is 5.48 Å². The molecule has 0 radical (unpaired) electrons. The van der Waals surface area contributed by atoms with Gasteiger partial charge in [0.05, 0.1) is 18.1 Å². The molecule has 6 nitrogen and oxygen atoms in total. The molecule has 2 aromatic rings. The molecular formula is C27H30N2O4. The Hall–Kier alpha value is -3.48. The number of aliphatic hydroxyl groups excluding tert-OH is 1. The Labute approximate surface area is 194 Å². The van der Waals surface area contributed by atoms with Crippen molar-refractivity contribution in [3.05, 3.63) is 102 Å². The van der Waals surface area contributed by atoms with Crippen molar-refractivity contribution in [2.45, 2.75) is 38.3 Å². The molecule has 172 valence electrons. The number of aliphatic hydroxyl groups is 1. The van der Waals surface area contributed by atoms with E-state index < -0.39 is 24.0 Å². The molecule has 2 amide bonds. The van der Waals surface area contributed by atoms with Crippen LogP contribution in [0.25, 0.3) is 5.57 Å². The first-order chi connectivity index (χ1) is 16.0. The Morgan fingerprint density at radius 2 is 1.91 bits per heavy atom. The van der Waals surface area contributed by atoms with Crippen molar-refractivity contribution in [2.24, 2.45) is 5.92 Å². The number of fused-ring (bicyclic) bond motifs is 1. The second-order valence-corrected chi connectivity index (χ2v) is 8.15. The van der Waals surface area contributed by atoms with Crippen molar-refractivity contribution in [3.8, 4) is 0 Å². The van der Waals surface area contributed by atoms with Crippen molar-refractivity contribution < 1.29 is 19.9 Å². The summed E-state index contributed by atoms with van der Waals surface area (Å²) in [5.41, 5.74) is 6.35. The maximum atomic E-state index is 13.1. The number of hydroxylamine groups is 1. The molecule has 0 heterocycles. The molecule has 0 unspecified atom stereocenters. The molecule has 2 aromatic carbocycles.